The van der Waals surface area contributed by atoms with Crippen molar-refractivity contribution in [1.82, 2.24) is 10.3 Å². The second-order valence-corrected chi connectivity index (χ2v) is 5.60. The van der Waals surface area contributed by atoms with Gasteiger partial charge in [-0.25, -0.2) is 4.98 Å². The highest BCUT2D eigenvalue weighted by Gasteiger charge is 2.14. The summed E-state index contributed by atoms with van der Waals surface area (Å²) >= 11 is 1.63. The van der Waals surface area contributed by atoms with Gasteiger partial charge in [0.2, 0.25) is 5.91 Å². The first-order valence-electron chi connectivity index (χ1n) is 5.93. The van der Waals surface area contributed by atoms with Crippen molar-refractivity contribution in [3.8, 4) is 0 Å². The molecule has 0 aliphatic carbocycles. The number of nitrogens with zero attached hydrogens (tertiary/aromatic N) is 1. The molecule has 1 rings (SSSR count). The number of aromatic nitrogens is 1. The third-order valence-corrected chi connectivity index (χ3v) is 3.39. The lowest BCUT2D eigenvalue weighted by atomic mass is 10.0. The van der Waals surface area contributed by atoms with Crippen molar-refractivity contribution in [2.45, 2.75) is 39.7 Å². The number of hydrogen-bond acceptors (Lipinski definition) is 4. The molecule has 0 aliphatic heterocycles. The molecule has 0 spiro atoms. The molecule has 5 heteroatoms. The van der Waals surface area contributed by atoms with Crippen LogP contribution in [0.3, 0.4) is 0 Å². The molecule has 0 fully saturated rings. The van der Waals surface area contributed by atoms with Crippen molar-refractivity contribution in [3.05, 3.63) is 16.1 Å². The number of nitrogens with two attached hydrogens (primary N) is 1. The van der Waals surface area contributed by atoms with Crippen LogP contribution in [0.25, 0.3) is 0 Å². The first kappa shape index (κ1) is 14.1. The van der Waals surface area contributed by atoms with Crippen LogP contribution in [0.15, 0.2) is 5.38 Å². The van der Waals surface area contributed by atoms with Gasteiger partial charge in [0, 0.05) is 24.0 Å². The summed E-state index contributed by atoms with van der Waals surface area (Å²) < 4.78 is 0. The molecule has 1 atom stereocenters. The lowest BCUT2D eigenvalue weighted by Crippen LogP contribution is -2.42. The second kappa shape index (κ2) is 6.71. The molecule has 0 saturated carbocycles. The average Bonchev–Trinajstić information content (AvgIpc) is 2.63. The van der Waals surface area contributed by atoms with Crippen molar-refractivity contribution < 1.29 is 4.79 Å². The van der Waals surface area contributed by atoms with Crippen LogP contribution in [0.2, 0.25) is 0 Å². The van der Waals surface area contributed by atoms with E-state index >= 15 is 0 Å². The Balaban J connectivity index is 2.24. The number of thiazole rings is 1. The number of aryl methyl sites for hydroxylation is 1. The summed E-state index contributed by atoms with van der Waals surface area (Å²) in [6.45, 7) is 6.70. The highest BCUT2D eigenvalue weighted by Crippen LogP contribution is 2.08. The summed E-state index contributed by atoms with van der Waals surface area (Å²) in [6.07, 6.45) is 1.50. The molecule has 1 amide bonds. The lowest BCUT2D eigenvalue weighted by Gasteiger charge is -2.13. The van der Waals surface area contributed by atoms with E-state index in [1.807, 2.05) is 12.3 Å². The SMILES string of the molecule is Cc1csc(CCNC(=O)[C@H](N)CC(C)C)n1. The Kier molecular flexibility index (Phi) is 5.58. The van der Waals surface area contributed by atoms with E-state index in [2.05, 4.69) is 24.1 Å². The smallest absolute Gasteiger partial charge is 0.236 e. The van der Waals surface area contributed by atoms with Crippen molar-refractivity contribution in [2.24, 2.45) is 11.7 Å². The molecule has 0 bridgehead atoms. The van der Waals surface area contributed by atoms with Crippen molar-refractivity contribution in [1.29, 1.82) is 0 Å². The van der Waals surface area contributed by atoms with Crippen LogP contribution in [0.5, 0.6) is 0 Å². The van der Waals surface area contributed by atoms with Gasteiger partial charge < -0.3 is 11.1 Å². The van der Waals surface area contributed by atoms with Gasteiger partial charge in [-0.3, -0.25) is 4.79 Å². The van der Waals surface area contributed by atoms with Crippen molar-refractivity contribution in [2.75, 3.05) is 6.54 Å². The van der Waals surface area contributed by atoms with Gasteiger partial charge in [-0.05, 0) is 19.3 Å². The molecule has 0 saturated heterocycles. The molecular weight excluding hydrogens is 234 g/mol. The first-order valence-corrected chi connectivity index (χ1v) is 6.81. The minimum atomic E-state index is -0.395. The van der Waals surface area contributed by atoms with Gasteiger partial charge in [-0.2, -0.15) is 0 Å². The summed E-state index contributed by atoms with van der Waals surface area (Å²) in [5.41, 5.74) is 6.81. The third kappa shape index (κ3) is 5.28. The van der Waals surface area contributed by atoms with Crippen LogP contribution in [0.4, 0.5) is 0 Å². The Labute approximate surface area is 107 Å². The molecule has 0 unspecified atom stereocenters. The molecule has 3 N–H and O–H groups in total. The zero-order valence-electron chi connectivity index (χ0n) is 10.7. The number of carbonyl (C=O) groups is 1. The molecule has 0 aliphatic rings. The van der Waals surface area contributed by atoms with Gasteiger partial charge in [0.1, 0.15) is 0 Å². The normalized spacial score (nSPS) is 12.8. The Morgan fingerprint density at radius 2 is 2.29 bits per heavy atom. The van der Waals surface area contributed by atoms with Crippen LogP contribution in [-0.4, -0.2) is 23.5 Å². The Hall–Kier alpha value is -0.940. The van der Waals surface area contributed by atoms with E-state index in [1.165, 1.54) is 0 Å². The first-order chi connectivity index (χ1) is 7.99. The van der Waals surface area contributed by atoms with Crippen LogP contribution in [0.1, 0.15) is 31.0 Å². The summed E-state index contributed by atoms with van der Waals surface area (Å²) in [7, 11) is 0. The van der Waals surface area contributed by atoms with Crippen LogP contribution in [-0.2, 0) is 11.2 Å². The van der Waals surface area contributed by atoms with Crippen LogP contribution < -0.4 is 11.1 Å². The topological polar surface area (TPSA) is 68.0 Å². The number of carbonyl (C=O) groups excluding carboxylic acids is 1. The minimum Gasteiger partial charge on any atom is -0.354 e. The van der Waals surface area contributed by atoms with Gasteiger partial charge >= 0.3 is 0 Å². The Bertz CT molecular complexity index is 362. The molecule has 0 aromatic carbocycles. The second-order valence-electron chi connectivity index (χ2n) is 4.66. The largest absolute Gasteiger partial charge is 0.354 e. The van der Waals surface area contributed by atoms with Gasteiger partial charge in [-0.1, -0.05) is 13.8 Å². The van der Waals surface area contributed by atoms with Crippen LogP contribution >= 0.6 is 11.3 Å². The van der Waals surface area contributed by atoms with E-state index in [4.69, 9.17) is 5.73 Å². The lowest BCUT2D eigenvalue weighted by molar-refractivity contribution is -0.122. The molecule has 1 heterocycles. The predicted molar refractivity (Wildman–Crippen MR) is 71.0 cm³/mol. The number of nitrogens with one attached hydrogen (secondary N) is 1. The van der Waals surface area contributed by atoms with Crippen molar-refractivity contribution >= 4 is 17.2 Å². The number of hydrogen-bond donors (Lipinski definition) is 2. The van der Waals surface area contributed by atoms with E-state index in [0.29, 0.717) is 12.5 Å². The fourth-order valence-corrected chi connectivity index (χ4v) is 2.33. The van der Waals surface area contributed by atoms with E-state index in [9.17, 15) is 4.79 Å². The summed E-state index contributed by atoms with van der Waals surface area (Å²) in [6, 6.07) is -0.395. The zero-order valence-corrected chi connectivity index (χ0v) is 11.5. The number of amides is 1. The summed E-state index contributed by atoms with van der Waals surface area (Å²) in [5, 5.41) is 5.92. The quantitative estimate of drug-likeness (QED) is 0.809. The predicted octanol–water partition coefficient (Wildman–Crippen LogP) is 1.48. The molecule has 4 nitrogen and oxygen atoms in total. The highest BCUT2D eigenvalue weighted by molar-refractivity contribution is 7.09. The summed E-state index contributed by atoms with van der Waals surface area (Å²) in [4.78, 5) is 16.0. The van der Waals surface area contributed by atoms with Gasteiger partial charge in [-0.15, -0.1) is 11.3 Å². The van der Waals surface area contributed by atoms with Crippen molar-refractivity contribution in [3.63, 3.8) is 0 Å². The Morgan fingerprint density at radius 3 is 2.82 bits per heavy atom. The Morgan fingerprint density at radius 1 is 1.59 bits per heavy atom. The monoisotopic (exact) mass is 255 g/mol. The average molecular weight is 255 g/mol. The molecule has 96 valence electrons. The maximum atomic E-state index is 11.6. The standard InChI is InChI=1S/C12H21N3OS/c1-8(2)6-10(13)12(16)14-5-4-11-15-9(3)7-17-11/h7-8,10H,4-6,13H2,1-3H3,(H,14,16)/t10-/m1/s1. The fourth-order valence-electron chi connectivity index (χ4n) is 1.56. The van der Waals surface area contributed by atoms with E-state index in [-0.39, 0.29) is 5.91 Å². The van der Waals surface area contributed by atoms with Gasteiger partial charge in [0.15, 0.2) is 0 Å². The van der Waals surface area contributed by atoms with E-state index < -0.39 is 6.04 Å². The molecular formula is C12H21N3OS. The van der Waals surface area contributed by atoms with Gasteiger partial charge in [0.25, 0.3) is 0 Å². The summed E-state index contributed by atoms with van der Waals surface area (Å²) in [5.74, 6) is 0.379. The number of rotatable bonds is 6. The fraction of sp³-hybridized carbons (Fsp3) is 0.667. The third-order valence-electron chi connectivity index (χ3n) is 2.37. The van der Waals surface area contributed by atoms with E-state index in [0.717, 1.165) is 23.5 Å². The maximum Gasteiger partial charge on any atom is 0.236 e. The highest BCUT2D eigenvalue weighted by atomic mass is 32.1. The van der Waals surface area contributed by atoms with E-state index in [1.54, 1.807) is 11.3 Å². The minimum absolute atomic E-state index is 0.0630. The van der Waals surface area contributed by atoms with Gasteiger partial charge in [0.05, 0.1) is 11.0 Å². The maximum absolute atomic E-state index is 11.6. The molecule has 17 heavy (non-hydrogen) atoms. The molecule has 0 radical (unpaired) electrons. The van der Waals surface area contributed by atoms with Crippen LogP contribution in [0, 0.1) is 12.8 Å². The molecule has 1 aromatic rings. The zero-order chi connectivity index (χ0) is 12.8. The molecule has 1 aromatic heterocycles.